The van der Waals surface area contributed by atoms with Crippen molar-refractivity contribution in [3.8, 4) is 0 Å². The van der Waals surface area contributed by atoms with E-state index in [0.717, 1.165) is 27.4 Å². The maximum absolute atomic E-state index is 12.7. The number of hydrogen-bond donors (Lipinski definition) is 0. The first-order valence-electron chi connectivity index (χ1n) is 7.94. The Balaban J connectivity index is 1.67. The van der Waals surface area contributed by atoms with Crippen LogP contribution in [-0.4, -0.2) is 26.2 Å². The van der Waals surface area contributed by atoms with Gasteiger partial charge in [0.15, 0.2) is 5.78 Å². The zero-order chi connectivity index (χ0) is 18.0. The lowest BCUT2D eigenvalue weighted by Gasteiger charge is -2.10. The number of thiazole rings is 1. The molecule has 2 aromatic heterocycles. The molecule has 2 heterocycles. The summed E-state index contributed by atoms with van der Waals surface area (Å²) in [6, 6.07) is 5.91. The van der Waals surface area contributed by atoms with Gasteiger partial charge in [-0.2, -0.15) is 0 Å². The molecule has 1 unspecified atom stereocenters. The molecule has 0 bridgehead atoms. The van der Waals surface area contributed by atoms with Gasteiger partial charge < -0.3 is 4.42 Å². The fourth-order valence-electron chi connectivity index (χ4n) is 2.43. The predicted octanol–water partition coefficient (Wildman–Crippen LogP) is 4.41. The smallest absolute Gasteiger partial charge is 0.277 e. The predicted molar refractivity (Wildman–Crippen MR) is 99.5 cm³/mol. The Bertz CT molecular complexity index is 901. The number of Topliss-reactive ketones (excluding diaryl/α,β-unsaturated/α-hetero) is 1. The molecule has 3 rings (SSSR count). The van der Waals surface area contributed by atoms with Crippen LogP contribution in [0, 0.1) is 20.8 Å². The molecule has 3 aromatic rings. The molecule has 1 aromatic carbocycles. The number of benzene rings is 1. The van der Waals surface area contributed by atoms with Crippen LogP contribution in [0.25, 0.3) is 0 Å². The fourth-order valence-corrected chi connectivity index (χ4v) is 3.81. The number of aryl methyl sites for hydroxylation is 3. The summed E-state index contributed by atoms with van der Waals surface area (Å²) in [5.74, 6) is 0.584. The third-order valence-corrected chi connectivity index (χ3v) is 5.51. The summed E-state index contributed by atoms with van der Waals surface area (Å²) in [6.45, 7) is 7.76. The van der Waals surface area contributed by atoms with Crippen LogP contribution in [0.2, 0.25) is 0 Å². The van der Waals surface area contributed by atoms with E-state index in [4.69, 9.17) is 4.42 Å². The van der Waals surface area contributed by atoms with Gasteiger partial charge in [-0.15, -0.1) is 21.5 Å². The second-order valence-electron chi connectivity index (χ2n) is 5.94. The highest BCUT2D eigenvalue weighted by Gasteiger charge is 2.21. The highest BCUT2D eigenvalue weighted by Crippen LogP contribution is 2.26. The van der Waals surface area contributed by atoms with Crippen LogP contribution in [0.1, 0.15) is 45.0 Å². The molecule has 1 atom stereocenters. The number of ketones is 1. The van der Waals surface area contributed by atoms with Gasteiger partial charge in [-0.3, -0.25) is 4.79 Å². The summed E-state index contributed by atoms with van der Waals surface area (Å²) in [7, 11) is 0. The normalized spacial score (nSPS) is 12.3. The standard InChI is InChI=1S/C18H19N3O2S2/c1-10-5-6-11(2)15(7-10)17(22)12(3)25-18-21-20-16(23-18)8-14-9-24-13(4)19-14/h5-7,9,12H,8H2,1-4H3. The Labute approximate surface area is 154 Å². The van der Waals surface area contributed by atoms with Crippen molar-refractivity contribution in [2.45, 2.75) is 44.6 Å². The second kappa shape index (κ2) is 7.49. The first kappa shape index (κ1) is 17.8. The van der Waals surface area contributed by atoms with E-state index in [1.54, 1.807) is 11.3 Å². The summed E-state index contributed by atoms with van der Waals surface area (Å²) < 4.78 is 5.66. The Morgan fingerprint density at radius 1 is 1.28 bits per heavy atom. The first-order valence-corrected chi connectivity index (χ1v) is 9.70. The van der Waals surface area contributed by atoms with Crippen molar-refractivity contribution in [2.75, 3.05) is 0 Å². The van der Waals surface area contributed by atoms with Gasteiger partial charge in [-0.05, 0) is 39.3 Å². The third-order valence-electron chi connectivity index (χ3n) is 3.75. The van der Waals surface area contributed by atoms with Gasteiger partial charge >= 0.3 is 0 Å². The van der Waals surface area contributed by atoms with E-state index in [0.29, 0.717) is 17.5 Å². The number of aromatic nitrogens is 3. The molecule has 7 heteroatoms. The lowest BCUT2D eigenvalue weighted by Crippen LogP contribution is -2.15. The molecule has 5 nitrogen and oxygen atoms in total. The van der Waals surface area contributed by atoms with E-state index < -0.39 is 0 Å². The lowest BCUT2D eigenvalue weighted by molar-refractivity contribution is 0.0993. The SMILES string of the molecule is Cc1ccc(C)c(C(=O)C(C)Sc2nnc(Cc3csc(C)n3)o2)c1. The van der Waals surface area contributed by atoms with Crippen molar-refractivity contribution in [1.82, 2.24) is 15.2 Å². The van der Waals surface area contributed by atoms with Gasteiger partial charge in [0.1, 0.15) is 0 Å². The van der Waals surface area contributed by atoms with Crippen LogP contribution < -0.4 is 0 Å². The van der Waals surface area contributed by atoms with E-state index in [2.05, 4.69) is 15.2 Å². The van der Waals surface area contributed by atoms with E-state index in [-0.39, 0.29) is 11.0 Å². The van der Waals surface area contributed by atoms with Crippen molar-refractivity contribution >= 4 is 28.9 Å². The first-order chi connectivity index (χ1) is 11.9. The summed E-state index contributed by atoms with van der Waals surface area (Å²) in [4.78, 5) is 17.1. The molecule has 130 valence electrons. The van der Waals surface area contributed by atoms with Crippen LogP contribution >= 0.6 is 23.1 Å². The molecule has 0 spiro atoms. The Kier molecular flexibility index (Phi) is 5.34. The summed E-state index contributed by atoms with van der Waals surface area (Å²) in [5, 5.41) is 11.2. The van der Waals surface area contributed by atoms with Crippen molar-refractivity contribution in [1.29, 1.82) is 0 Å². The molecule has 0 aliphatic carbocycles. The molecule has 0 N–H and O–H groups in total. The van der Waals surface area contributed by atoms with Crippen LogP contribution in [-0.2, 0) is 6.42 Å². The molecule has 0 aliphatic rings. The molecular formula is C18H19N3O2S2. The quantitative estimate of drug-likeness (QED) is 0.471. The monoisotopic (exact) mass is 373 g/mol. The average molecular weight is 374 g/mol. The topological polar surface area (TPSA) is 68.9 Å². The molecule has 0 fully saturated rings. The maximum atomic E-state index is 12.7. The minimum Gasteiger partial charge on any atom is -0.416 e. The summed E-state index contributed by atoms with van der Waals surface area (Å²) in [5.41, 5.74) is 3.72. The summed E-state index contributed by atoms with van der Waals surface area (Å²) >= 11 is 2.88. The molecule has 0 radical (unpaired) electrons. The Morgan fingerprint density at radius 2 is 2.08 bits per heavy atom. The van der Waals surface area contributed by atoms with E-state index in [1.807, 2.05) is 51.3 Å². The molecule has 25 heavy (non-hydrogen) atoms. The van der Waals surface area contributed by atoms with Crippen molar-refractivity contribution in [3.63, 3.8) is 0 Å². The maximum Gasteiger partial charge on any atom is 0.277 e. The second-order valence-corrected chi connectivity index (χ2v) is 8.29. The van der Waals surface area contributed by atoms with E-state index >= 15 is 0 Å². The number of carbonyl (C=O) groups excluding carboxylic acids is 1. The largest absolute Gasteiger partial charge is 0.416 e. The van der Waals surface area contributed by atoms with Gasteiger partial charge in [0.05, 0.1) is 22.4 Å². The van der Waals surface area contributed by atoms with E-state index in [9.17, 15) is 4.79 Å². The molecule has 0 saturated heterocycles. The number of thioether (sulfide) groups is 1. The Morgan fingerprint density at radius 3 is 2.80 bits per heavy atom. The number of carbonyl (C=O) groups is 1. The average Bonchev–Trinajstić information content (AvgIpc) is 3.18. The zero-order valence-corrected chi connectivity index (χ0v) is 16.2. The zero-order valence-electron chi connectivity index (χ0n) is 14.6. The van der Waals surface area contributed by atoms with Crippen molar-refractivity contribution < 1.29 is 9.21 Å². The van der Waals surface area contributed by atoms with Crippen LogP contribution in [0.3, 0.4) is 0 Å². The lowest BCUT2D eigenvalue weighted by atomic mass is 10.0. The number of nitrogens with zero attached hydrogens (tertiary/aromatic N) is 3. The number of hydrogen-bond acceptors (Lipinski definition) is 7. The van der Waals surface area contributed by atoms with Crippen LogP contribution in [0.4, 0.5) is 0 Å². The van der Waals surface area contributed by atoms with E-state index in [1.165, 1.54) is 11.8 Å². The number of rotatable bonds is 6. The van der Waals surface area contributed by atoms with Gasteiger partial charge in [-0.25, -0.2) is 4.98 Å². The molecular weight excluding hydrogens is 354 g/mol. The van der Waals surface area contributed by atoms with Crippen LogP contribution in [0.15, 0.2) is 33.2 Å². The molecule has 0 saturated carbocycles. The van der Waals surface area contributed by atoms with Gasteiger partial charge in [-0.1, -0.05) is 29.5 Å². The van der Waals surface area contributed by atoms with Gasteiger partial charge in [0.25, 0.3) is 5.22 Å². The summed E-state index contributed by atoms with van der Waals surface area (Å²) in [6.07, 6.45) is 0.511. The highest BCUT2D eigenvalue weighted by atomic mass is 32.2. The molecule has 0 aliphatic heterocycles. The minimum absolute atomic E-state index is 0.0704. The Hall–Kier alpha value is -1.99. The van der Waals surface area contributed by atoms with Gasteiger partial charge in [0, 0.05) is 10.9 Å². The van der Waals surface area contributed by atoms with Crippen molar-refractivity contribution in [3.05, 3.63) is 56.9 Å². The molecule has 0 amide bonds. The van der Waals surface area contributed by atoms with Gasteiger partial charge in [0.2, 0.25) is 5.89 Å². The fraction of sp³-hybridized carbons (Fsp3) is 0.333. The minimum atomic E-state index is -0.296. The third kappa shape index (κ3) is 4.35. The van der Waals surface area contributed by atoms with Crippen LogP contribution in [0.5, 0.6) is 0 Å². The van der Waals surface area contributed by atoms with Crippen molar-refractivity contribution in [2.24, 2.45) is 0 Å². The highest BCUT2D eigenvalue weighted by molar-refractivity contribution is 8.00.